The Balaban J connectivity index is 1.38. The van der Waals surface area contributed by atoms with Crippen LogP contribution in [-0.4, -0.2) is 0 Å². The topological polar surface area (TPSA) is 3.24 Å². The zero-order valence-corrected chi connectivity index (χ0v) is 22.6. The van der Waals surface area contributed by atoms with Gasteiger partial charge in [0.15, 0.2) is 0 Å². The number of benzene rings is 7. The lowest BCUT2D eigenvalue weighted by Gasteiger charge is -2.27. The number of nitrogens with zero attached hydrogens (tertiary/aromatic N) is 1. The molecule has 0 aliphatic carbocycles. The molecule has 8 aromatic rings. The molecule has 0 fully saturated rings. The first-order valence-electron chi connectivity index (χ1n) is 13.6. The maximum Gasteiger partial charge on any atom is 0.0468 e. The highest BCUT2D eigenvalue weighted by Crippen LogP contribution is 2.42. The molecular formula is C38H25NS. The Morgan fingerprint density at radius 2 is 1.05 bits per heavy atom. The van der Waals surface area contributed by atoms with Crippen LogP contribution in [0.25, 0.3) is 52.8 Å². The van der Waals surface area contributed by atoms with Crippen molar-refractivity contribution in [2.45, 2.75) is 0 Å². The highest BCUT2D eigenvalue weighted by Gasteiger charge is 2.16. The van der Waals surface area contributed by atoms with Gasteiger partial charge in [0.2, 0.25) is 0 Å². The van der Waals surface area contributed by atoms with Crippen molar-refractivity contribution in [3.8, 4) is 11.1 Å². The van der Waals surface area contributed by atoms with Crippen LogP contribution < -0.4 is 4.90 Å². The summed E-state index contributed by atoms with van der Waals surface area (Å²) in [5, 5.41) is 7.70. The van der Waals surface area contributed by atoms with Crippen LogP contribution in [0.4, 0.5) is 17.1 Å². The van der Waals surface area contributed by atoms with E-state index < -0.39 is 0 Å². The van der Waals surface area contributed by atoms with Crippen molar-refractivity contribution in [2.75, 3.05) is 4.90 Å². The van der Waals surface area contributed by atoms with Crippen LogP contribution in [0, 0.1) is 0 Å². The van der Waals surface area contributed by atoms with E-state index in [1.54, 1.807) is 0 Å². The minimum Gasteiger partial charge on any atom is -0.310 e. The zero-order chi connectivity index (χ0) is 26.5. The second kappa shape index (κ2) is 9.37. The molecule has 0 saturated carbocycles. The third-order valence-electron chi connectivity index (χ3n) is 7.80. The second-order valence-electron chi connectivity index (χ2n) is 10.2. The molecule has 8 rings (SSSR count). The minimum absolute atomic E-state index is 1.14. The van der Waals surface area contributed by atoms with E-state index in [0.29, 0.717) is 0 Å². The van der Waals surface area contributed by atoms with Crippen molar-refractivity contribution in [2.24, 2.45) is 0 Å². The lowest BCUT2D eigenvalue weighted by Crippen LogP contribution is -2.10. The van der Waals surface area contributed by atoms with Crippen LogP contribution in [-0.2, 0) is 0 Å². The van der Waals surface area contributed by atoms with Gasteiger partial charge in [-0.3, -0.25) is 0 Å². The molecule has 0 radical (unpaired) electrons. The van der Waals surface area contributed by atoms with E-state index in [1.165, 1.54) is 52.8 Å². The number of hydrogen-bond acceptors (Lipinski definition) is 2. The standard InChI is InChI=1S/C38H25NS/c1-2-9-26(10-3-1)30-13-8-14-31(23-30)39(32-20-17-27-11-4-5-12-29(27)24-32)33-21-18-28-19-22-37-38(35(28)25-33)34-15-6-7-16-36(34)40-37/h1-25H. The number of thiophene rings is 1. The molecule has 1 aromatic heterocycles. The van der Waals surface area contributed by atoms with Crippen molar-refractivity contribution < 1.29 is 0 Å². The van der Waals surface area contributed by atoms with Gasteiger partial charge in [-0.15, -0.1) is 11.3 Å². The van der Waals surface area contributed by atoms with Crippen molar-refractivity contribution in [1.82, 2.24) is 0 Å². The molecule has 0 saturated heterocycles. The third-order valence-corrected chi connectivity index (χ3v) is 8.94. The van der Waals surface area contributed by atoms with Crippen molar-refractivity contribution in [1.29, 1.82) is 0 Å². The van der Waals surface area contributed by atoms with Crippen molar-refractivity contribution >= 4 is 70.1 Å². The Hall–Kier alpha value is -4.92. The van der Waals surface area contributed by atoms with Gasteiger partial charge in [0.25, 0.3) is 0 Å². The van der Waals surface area contributed by atoms with Crippen molar-refractivity contribution in [3.63, 3.8) is 0 Å². The molecule has 40 heavy (non-hydrogen) atoms. The van der Waals surface area contributed by atoms with Crippen LogP contribution in [0.5, 0.6) is 0 Å². The second-order valence-corrected chi connectivity index (χ2v) is 11.3. The Morgan fingerprint density at radius 1 is 0.375 bits per heavy atom. The molecule has 0 N–H and O–H groups in total. The molecule has 0 aliphatic heterocycles. The lowest BCUT2D eigenvalue weighted by atomic mass is 10.0. The molecule has 0 bridgehead atoms. The molecule has 1 heterocycles. The summed E-state index contributed by atoms with van der Waals surface area (Å²) in [6, 6.07) is 55.0. The summed E-state index contributed by atoms with van der Waals surface area (Å²) in [4.78, 5) is 2.39. The van der Waals surface area contributed by atoms with Gasteiger partial charge >= 0.3 is 0 Å². The molecule has 1 nitrogen and oxygen atoms in total. The summed E-state index contributed by atoms with van der Waals surface area (Å²) in [6.07, 6.45) is 0. The number of fused-ring (bicyclic) bond motifs is 6. The van der Waals surface area contributed by atoms with Gasteiger partial charge in [-0.1, -0.05) is 103 Å². The van der Waals surface area contributed by atoms with E-state index in [1.807, 2.05) is 11.3 Å². The summed E-state index contributed by atoms with van der Waals surface area (Å²) >= 11 is 1.87. The largest absolute Gasteiger partial charge is 0.310 e. The molecule has 0 unspecified atom stereocenters. The number of rotatable bonds is 4. The molecule has 0 amide bonds. The quantitative estimate of drug-likeness (QED) is 0.220. The maximum absolute atomic E-state index is 2.39. The number of hydrogen-bond donors (Lipinski definition) is 0. The van der Waals surface area contributed by atoms with Gasteiger partial charge in [0.1, 0.15) is 0 Å². The number of anilines is 3. The molecule has 188 valence electrons. The molecule has 0 spiro atoms. The fourth-order valence-electron chi connectivity index (χ4n) is 5.89. The van der Waals surface area contributed by atoms with Crippen molar-refractivity contribution in [3.05, 3.63) is 152 Å². The summed E-state index contributed by atoms with van der Waals surface area (Å²) in [6.45, 7) is 0. The summed E-state index contributed by atoms with van der Waals surface area (Å²) in [7, 11) is 0. The van der Waals surface area contributed by atoms with Gasteiger partial charge < -0.3 is 4.90 Å². The summed E-state index contributed by atoms with van der Waals surface area (Å²) in [5.74, 6) is 0. The highest BCUT2D eigenvalue weighted by atomic mass is 32.1. The van der Waals surface area contributed by atoms with Gasteiger partial charge in [-0.05, 0) is 81.2 Å². The van der Waals surface area contributed by atoms with Crippen LogP contribution in [0.15, 0.2) is 152 Å². The Bertz CT molecular complexity index is 2170. The van der Waals surface area contributed by atoms with E-state index in [0.717, 1.165) is 17.1 Å². The Labute approximate surface area is 237 Å². The molecular weight excluding hydrogens is 502 g/mol. The minimum atomic E-state index is 1.14. The van der Waals surface area contributed by atoms with E-state index in [2.05, 4.69) is 157 Å². The summed E-state index contributed by atoms with van der Waals surface area (Å²) < 4.78 is 2.66. The Morgan fingerprint density at radius 3 is 1.95 bits per heavy atom. The molecule has 2 heteroatoms. The van der Waals surface area contributed by atoms with Gasteiger partial charge in [-0.2, -0.15) is 0 Å². The first-order valence-corrected chi connectivity index (χ1v) is 14.4. The zero-order valence-electron chi connectivity index (χ0n) is 21.8. The van der Waals surface area contributed by atoms with Crippen LogP contribution >= 0.6 is 11.3 Å². The SMILES string of the molecule is c1ccc(-c2cccc(N(c3ccc4ccccc4c3)c3ccc4ccc5sc6ccccc6c5c4c3)c2)cc1. The fraction of sp³-hybridized carbons (Fsp3) is 0. The van der Waals surface area contributed by atoms with E-state index in [-0.39, 0.29) is 0 Å². The van der Waals surface area contributed by atoms with Gasteiger partial charge in [0, 0.05) is 37.2 Å². The van der Waals surface area contributed by atoms with Crippen LogP contribution in [0.2, 0.25) is 0 Å². The monoisotopic (exact) mass is 527 g/mol. The first kappa shape index (κ1) is 23.0. The lowest BCUT2D eigenvalue weighted by molar-refractivity contribution is 1.29. The van der Waals surface area contributed by atoms with Crippen LogP contribution in [0.1, 0.15) is 0 Å². The average Bonchev–Trinajstić information content (AvgIpc) is 3.41. The predicted molar refractivity (Wildman–Crippen MR) is 174 cm³/mol. The predicted octanol–water partition coefficient (Wildman–Crippen LogP) is 11.5. The summed E-state index contributed by atoms with van der Waals surface area (Å²) in [5.41, 5.74) is 5.85. The third kappa shape index (κ3) is 3.85. The maximum atomic E-state index is 2.39. The average molecular weight is 528 g/mol. The molecule has 0 atom stereocenters. The van der Waals surface area contributed by atoms with E-state index in [9.17, 15) is 0 Å². The Kier molecular flexibility index (Phi) is 5.39. The first-order chi connectivity index (χ1) is 19.8. The normalized spacial score (nSPS) is 11.5. The fourth-order valence-corrected chi connectivity index (χ4v) is 7.01. The molecule has 7 aromatic carbocycles. The van der Waals surface area contributed by atoms with Gasteiger partial charge in [0.05, 0.1) is 0 Å². The van der Waals surface area contributed by atoms with E-state index in [4.69, 9.17) is 0 Å². The van der Waals surface area contributed by atoms with Crippen LogP contribution in [0.3, 0.4) is 0 Å². The smallest absolute Gasteiger partial charge is 0.0468 e. The highest BCUT2D eigenvalue weighted by molar-refractivity contribution is 7.26. The van der Waals surface area contributed by atoms with Gasteiger partial charge in [-0.25, -0.2) is 0 Å². The molecule has 0 aliphatic rings. The van der Waals surface area contributed by atoms with E-state index >= 15 is 0 Å².